The van der Waals surface area contributed by atoms with Gasteiger partial charge >= 0.3 is 0 Å². The van der Waals surface area contributed by atoms with Crippen molar-refractivity contribution in [1.29, 1.82) is 0 Å². The van der Waals surface area contributed by atoms with Crippen LogP contribution in [0.2, 0.25) is 0 Å². The van der Waals surface area contributed by atoms with Crippen LogP contribution in [0.1, 0.15) is 40.8 Å². The fourth-order valence-corrected chi connectivity index (χ4v) is 4.40. The number of hydrogen-bond donors (Lipinski definition) is 1. The molecular weight excluding hydrogens is 326 g/mol. The molecule has 3 heterocycles. The van der Waals surface area contributed by atoms with Gasteiger partial charge in [0.2, 0.25) is 0 Å². The molecule has 2 aliphatic heterocycles. The van der Waals surface area contributed by atoms with Crippen molar-refractivity contribution >= 4 is 0 Å². The van der Waals surface area contributed by atoms with E-state index in [0.29, 0.717) is 6.04 Å². The Hall–Kier alpha value is -2.11. The Morgan fingerprint density at radius 2 is 1.92 bits per heavy atom. The van der Waals surface area contributed by atoms with Crippen LogP contribution >= 0.6 is 0 Å². The largest absolute Gasteiger partial charge is 0.493 e. The van der Waals surface area contributed by atoms with E-state index < -0.39 is 0 Å². The molecule has 0 radical (unpaired) electrons. The van der Waals surface area contributed by atoms with Crippen LogP contribution in [-0.2, 0) is 6.42 Å². The summed E-state index contributed by atoms with van der Waals surface area (Å²) in [7, 11) is 3.38. The zero-order valence-electron chi connectivity index (χ0n) is 15.7. The highest BCUT2D eigenvalue weighted by Gasteiger charge is 2.39. The van der Waals surface area contributed by atoms with Gasteiger partial charge < -0.3 is 15.2 Å². The predicted molar refractivity (Wildman–Crippen MR) is 102 cm³/mol. The first-order valence-electron chi connectivity index (χ1n) is 9.27. The molecule has 1 aromatic carbocycles. The van der Waals surface area contributed by atoms with Gasteiger partial charge in [0, 0.05) is 43.0 Å². The number of ether oxygens (including phenoxy) is 2. The lowest BCUT2D eigenvalue weighted by Crippen LogP contribution is -2.50. The van der Waals surface area contributed by atoms with Crippen molar-refractivity contribution in [3.63, 3.8) is 0 Å². The van der Waals surface area contributed by atoms with Gasteiger partial charge in [0.05, 0.1) is 14.2 Å². The van der Waals surface area contributed by atoms with E-state index in [9.17, 15) is 0 Å². The Kier molecular flexibility index (Phi) is 4.59. The van der Waals surface area contributed by atoms with Crippen LogP contribution in [0.15, 0.2) is 30.5 Å². The van der Waals surface area contributed by atoms with E-state index in [1.165, 1.54) is 16.7 Å². The molecule has 2 N–H and O–H groups in total. The standard InChI is InChI=1S/C21H27N3O2/c1-13-4-5-18(23-11-13)16-12-24-7-6-14-8-20(25-2)21(26-3)9-15(14)19(24)10-17(16)22/h4-5,8-9,11,16-17,19H,6-7,10,12,22H2,1-3H3/t16-,17+,19?/m0/s1. The average molecular weight is 353 g/mol. The Bertz CT molecular complexity index is 791. The molecule has 3 atom stereocenters. The van der Waals surface area contributed by atoms with Gasteiger partial charge in [0.1, 0.15) is 0 Å². The molecule has 0 saturated carbocycles. The third kappa shape index (κ3) is 2.95. The number of methoxy groups -OCH3 is 2. The van der Waals surface area contributed by atoms with Crippen LogP contribution in [0.3, 0.4) is 0 Å². The van der Waals surface area contributed by atoms with Crippen LogP contribution in [0, 0.1) is 6.92 Å². The van der Waals surface area contributed by atoms with Crippen molar-refractivity contribution in [3.8, 4) is 11.5 Å². The van der Waals surface area contributed by atoms with E-state index in [2.05, 4.69) is 41.1 Å². The Labute approximate surface area is 155 Å². The number of pyridine rings is 1. The van der Waals surface area contributed by atoms with Crippen LogP contribution < -0.4 is 15.2 Å². The minimum Gasteiger partial charge on any atom is -0.493 e. The molecule has 2 aliphatic rings. The SMILES string of the molecule is COc1cc2c(cc1OC)C1C[C@@H](N)[C@@H](c3ccc(C)cn3)CN1CC2. The topological polar surface area (TPSA) is 60.6 Å². The summed E-state index contributed by atoms with van der Waals surface area (Å²) in [4.78, 5) is 7.20. The van der Waals surface area contributed by atoms with E-state index in [4.69, 9.17) is 15.2 Å². The lowest BCUT2D eigenvalue weighted by molar-refractivity contribution is 0.108. The fourth-order valence-electron chi connectivity index (χ4n) is 4.40. The molecule has 0 bridgehead atoms. The molecule has 0 amide bonds. The van der Waals surface area contributed by atoms with Gasteiger partial charge in [-0.05, 0) is 54.7 Å². The summed E-state index contributed by atoms with van der Waals surface area (Å²) in [5.74, 6) is 1.89. The van der Waals surface area contributed by atoms with Gasteiger partial charge in [-0.25, -0.2) is 0 Å². The van der Waals surface area contributed by atoms with Crippen molar-refractivity contribution in [3.05, 3.63) is 52.8 Å². The van der Waals surface area contributed by atoms with Crippen molar-refractivity contribution in [2.45, 2.75) is 37.8 Å². The molecule has 1 saturated heterocycles. The maximum absolute atomic E-state index is 6.62. The first-order chi connectivity index (χ1) is 12.6. The van der Waals surface area contributed by atoms with E-state index >= 15 is 0 Å². The summed E-state index contributed by atoms with van der Waals surface area (Å²) in [6.45, 7) is 4.06. The summed E-state index contributed by atoms with van der Waals surface area (Å²) < 4.78 is 11.0. The number of benzene rings is 1. The van der Waals surface area contributed by atoms with E-state index in [0.717, 1.165) is 43.1 Å². The molecule has 0 spiro atoms. The Balaban J connectivity index is 1.63. The molecule has 138 valence electrons. The van der Waals surface area contributed by atoms with Gasteiger partial charge in [-0.3, -0.25) is 9.88 Å². The summed E-state index contributed by atoms with van der Waals surface area (Å²) in [5, 5.41) is 0. The molecule has 2 aromatic rings. The van der Waals surface area contributed by atoms with Gasteiger partial charge in [-0.15, -0.1) is 0 Å². The van der Waals surface area contributed by atoms with Gasteiger partial charge in [-0.1, -0.05) is 6.07 Å². The highest BCUT2D eigenvalue weighted by molar-refractivity contribution is 5.49. The first kappa shape index (κ1) is 17.3. The highest BCUT2D eigenvalue weighted by atomic mass is 16.5. The first-order valence-corrected chi connectivity index (χ1v) is 9.27. The maximum Gasteiger partial charge on any atom is 0.161 e. The molecular formula is C21H27N3O2. The minimum absolute atomic E-state index is 0.102. The minimum atomic E-state index is 0.102. The van der Waals surface area contributed by atoms with Gasteiger partial charge in [0.15, 0.2) is 11.5 Å². The maximum atomic E-state index is 6.62. The van der Waals surface area contributed by atoms with Crippen LogP contribution in [-0.4, -0.2) is 43.2 Å². The quantitative estimate of drug-likeness (QED) is 0.919. The summed E-state index contributed by atoms with van der Waals surface area (Å²) >= 11 is 0. The number of aromatic nitrogens is 1. The third-order valence-electron chi connectivity index (χ3n) is 5.87. The fraction of sp³-hybridized carbons (Fsp3) is 0.476. The number of nitrogens with two attached hydrogens (primary N) is 1. The Morgan fingerprint density at radius 1 is 1.15 bits per heavy atom. The highest BCUT2D eigenvalue weighted by Crippen LogP contribution is 2.43. The molecule has 5 heteroatoms. The summed E-state index contributed by atoms with van der Waals surface area (Å²) in [6, 6.07) is 8.98. The van der Waals surface area contributed by atoms with Crippen molar-refractivity contribution in [2.75, 3.05) is 27.3 Å². The lowest BCUT2D eigenvalue weighted by Gasteiger charge is -2.46. The number of piperidine rings is 1. The van der Waals surface area contributed by atoms with Crippen LogP contribution in [0.25, 0.3) is 0 Å². The molecule has 26 heavy (non-hydrogen) atoms. The van der Waals surface area contributed by atoms with Crippen molar-refractivity contribution in [1.82, 2.24) is 9.88 Å². The zero-order valence-corrected chi connectivity index (χ0v) is 15.7. The molecule has 0 aliphatic carbocycles. The van der Waals surface area contributed by atoms with Gasteiger partial charge in [-0.2, -0.15) is 0 Å². The van der Waals surface area contributed by atoms with E-state index in [1.54, 1.807) is 14.2 Å². The van der Waals surface area contributed by atoms with Crippen LogP contribution in [0.5, 0.6) is 11.5 Å². The van der Waals surface area contributed by atoms with Crippen LogP contribution in [0.4, 0.5) is 0 Å². The molecule has 1 aromatic heterocycles. The number of rotatable bonds is 3. The van der Waals surface area contributed by atoms with Crippen molar-refractivity contribution in [2.24, 2.45) is 5.73 Å². The average Bonchev–Trinajstić information content (AvgIpc) is 2.67. The van der Waals surface area contributed by atoms with Gasteiger partial charge in [0.25, 0.3) is 0 Å². The molecule has 1 fully saturated rings. The molecule has 4 rings (SSSR count). The number of aryl methyl sites for hydroxylation is 1. The normalized spacial score (nSPS) is 25.3. The monoisotopic (exact) mass is 353 g/mol. The predicted octanol–water partition coefficient (Wildman–Crippen LogP) is 2.82. The summed E-state index contributed by atoms with van der Waals surface area (Å²) in [6.07, 6.45) is 3.90. The third-order valence-corrected chi connectivity index (χ3v) is 5.87. The van der Waals surface area contributed by atoms with E-state index in [-0.39, 0.29) is 12.0 Å². The molecule has 5 nitrogen and oxygen atoms in total. The van der Waals surface area contributed by atoms with E-state index in [1.807, 2.05) is 6.20 Å². The second kappa shape index (κ2) is 6.89. The second-order valence-electron chi connectivity index (χ2n) is 7.43. The molecule has 1 unspecified atom stereocenters. The zero-order chi connectivity index (χ0) is 18.3. The smallest absolute Gasteiger partial charge is 0.161 e. The second-order valence-corrected chi connectivity index (χ2v) is 7.43. The van der Waals surface area contributed by atoms with Crippen molar-refractivity contribution < 1.29 is 9.47 Å². The number of fused-ring (bicyclic) bond motifs is 3. The summed E-state index contributed by atoms with van der Waals surface area (Å²) in [5.41, 5.74) is 11.6. The Morgan fingerprint density at radius 3 is 2.62 bits per heavy atom. The number of nitrogens with zero attached hydrogens (tertiary/aromatic N) is 2. The number of hydrogen-bond acceptors (Lipinski definition) is 5. The lowest BCUT2D eigenvalue weighted by atomic mass is 9.79.